The zero-order chi connectivity index (χ0) is 13.9. The summed E-state index contributed by atoms with van der Waals surface area (Å²) in [5.74, 6) is 0.960. The minimum Gasteiger partial charge on any atom is -0.484 e. The van der Waals surface area contributed by atoms with E-state index in [9.17, 15) is 4.79 Å². The van der Waals surface area contributed by atoms with Crippen molar-refractivity contribution in [3.05, 3.63) is 29.8 Å². The van der Waals surface area contributed by atoms with Gasteiger partial charge in [0.05, 0.1) is 0 Å². The minimum absolute atomic E-state index is 0.168. The topological polar surface area (TPSA) is 29.5 Å². The number of carbonyl (C=O) groups excluding carboxylic acids is 1. The van der Waals surface area contributed by atoms with Crippen molar-refractivity contribution in [1.29, 1.82) is 0 Å². The number of amides is 1. The summed E-state index contributed by atoms with van der Waals surface area (Å²) in [7, 11) is 0. The van der Waals surface area contributed by atoms with Crippen LogP contribution in [0.25, 0.3) is 0 Å². The summed E-state index contributed by atoms with van der Waals surface area (Å²) in [6.07, 6.45) is 7.22. The molecule has 0 saturated heterocycles. The van der Waals surface area contributed by atoms with Crippen LogP contribution in [0, 0.1) is 6.92 Å². The molecular formula is C17H23NO2. The highest BCUT2D eigenvalue weighted by Gasteiger charge is 2.38. The van der Waals surface area contributed by atoms with Gasteiger partial charge in [-0.15, -0.1) is 0 Å². The Balaban J connectivity index is 1.59. The van der Waals surface area contributed by atoms with Gasteiger partial charge in [0.25, 0.3) is 5.91 Å². The van der Waals surface area contributed by atoms with Gasteiger partial charge in [-0.3, -0.25) is 4.79 Å². The van der Waals surface area contributed by atoms with Crippen molar-refractivity contribution in [2.75, 3.05) is 6.61 Å². The molecular weight excluding hydrogens is 250 g/mol. The summed E-state index contributed by atoms with van der Waals surface area (Å²) in [5.41, 5.74) is 1.16. The number of nitrogens with zero attached hydrogens (tertiary/aromatic N) is 1. The Kier molecular flexibility index (Phi) is 3.95. The highest BCUT2D eigenvalue weighted by Crippen LogP contribution is 2.34. The van der Waals surface area contributed by atoms with E-state index in [1.165, 1.54) is 38.5 Å². The molecule has 1 amide bonds. The molecule has 108 valence electrons. The first kappa shape index (κ1) is 13.5. The van der Waals surface area contributed by atoms with Gasteiger partial charge in [0.1, 0.15) is 5.75 Å². The van der Waals surface area contributed by atoms with Crippen LogP contribution in [0.15, 0.2) is 24.3 Å². The van der Waals surface area contributed by atoms with Crippen molar-refractivity contribution in [2.45, 2.75) is 57.5 Å². The molecule has 3 heteroatoms. The Morgan fingerprint density at radius 3 is 2.55 bits per heavy atom. The van der Waals surface area contributed by atoms with Crippen LogP contribution in [0.3, 0.4) is 0 Å². The number of aryl methyl sites for hydroxylation is 1. The van der Waals surface area contributed by atoms with Crippen molar-refractivity contribution >= 4 is 5.91 Å². The van der Waals surface area contributed by atoms with E-state index in [0.717, 1.165) is 11.3 Å². The first-order valence-corrected chi connectivity index (χ1v) is 7.74. The van der Waals surface area contributed by atoms with Crippen molar-refractivity contribution < 1.29 is 9.53 Å². The summed E-state index contributed by atoms with van der Waals surface area (Å²) < 4.78 is 5.68. The molecule has 0 unspecified atom stereocenters. The van der Waals surface area contributed by atoms with Crippen LogP contribution in [0.1, 0.15) is 44.1 Å². The lowest BCUT2D eigenvalue weighted by Crippen LogP contribution is -2.43. The highest BCUT2D eigenvalue weighted by atomic mass is 16.5. The van der Waals surface area contributed by atoms with E-state index in [1.807, 2.05) is 31.2 Å². The highest BCUT2D eigenvalue weighted by molar-refractivity contribution is 5.78. The molecule has 1 aromatic carbocycles. The van der Waals surface area contributed by atoms with Gasteiger partial charge in [0.2, 0.25) is 0 Å². The number of rotatable bonds is 5. The van der Waals surface area contributed by atoms with Crippen LogP contribution in [0.4, 0.5) is 0 Å². The van der Waals surface area contributed by atoms with E-state index in [1.54, 1.807) is 0 Å². The Bertz CT molecular complexity index is 476. The third kappa shape index (κ3) is 3.14. The van der Waals surface area contributed by atoms with Gasteiger partial charge < -0.3 is 9.64 Å². The average Bonchev–Trinajstić information content (AvgIpc) is 3.11. The Morgan fingerprint density at radius 1 is 1.20 bits per heavy atom. The van der Waals surface area contributed by atoms with E-state index < -0.39 is 0 Å². The molecule has 1 aromatic rings. The number of hydrogen-bond donors (Lipinski definition) is 0. The van der Waals surface area contributed by atoms with E-state index >= 15 is 0 Å². The molecule has 3 rings (SSSR count). The average molecular weight is 273 g/mol. The largest absolute Gasteiger partial charge is 0.484 e. The lowest BCUT2D eigenvalue weighted by Gasteiger charge is -2.29. The monoisotopic (exact) mass is 273 g/mol. The van der Waals surface area contributed by atoms with Gasteiger partial charge in [0, 0.05) is 12.1 Å². The molecule has 0 aromatic heterocycles. The second-order valence-corrected chi connectivity index (χ2v) is 6.08. The van der Waals surface area contributed by atoms with Crippen molar-refractivity contribution in [3.63, 3.8) is 0 Å². The summed E-state index contributed by atoms with van der Waals surface area (Å²) in [6, 6.07) is 8.85. The van der Waals surface area contributed by atoms with Crippen LogP contribution < -0.4 is 4.74 Å². The maximum Gasteiger partial charge on any atom is 0.261 e. The predicted octanol–water partition coefficient (Wildman–Crippen LogP) is 3.31. The van der Waals surface area contributed by atoms with E-state index in [4.69, 9.17) is 4.74 Å². The van der Waals surface area contributed by atoms with E-state index in [2.05, 4.69) is 4.90 Å². The van der Waals surface area contributed by atoms with Crippen LogP contribution in [-0.2, 0) is 4.79 Å². The molecule has 2 aliphatic rings. The fraction of sp³-hybridized carbons (Fsp3) is 0.588. The van der Waals surface area contributed by atoms with Crippen LogP contribution in [-0.4, -0.2) is 29.5 Å². The zero-order valence-electron chi connectivity index (χ0n) is 12.2. The molecule has 0 radical (unpaired) electrons. The fourth-order valence-corrected chi connectivity index (χ4v) is 3.17. The molecule has 3 nitrogen and oxygen atoms in total. The number of carbonyl (C=O) groups is 1. The SMILES string of the molecule is Cc1cccc(OCC(=O)N(C2CCCC2)C2CC2)c1. The molecule has 0 bridgehead atoms. The third-order valence-electron chi connectivity index (χ3n) is 4.30. The summed E-state index contributed by atoms with van der Waals surface area (Å²) in [4.78, 5) is 14.6. The normalized spacial score (nSPS) is 19.1. The van der Waals surface area contributed by atoms with Crippen LogP contribution >= 0.6 is 0 Å². The second kappa shape index (κ2) is 5.86. The van der Waals surface area contributed by atoms with Crippen molar-refractivity contribution in [1.82, 2.24) is 4.90 Å². The molecule has 2 fully saturated rings. The van der Waals surface area contributed by atoms with Crippen LogP contribution in [0.2, 0.25) is 0 Å². The molecule has 0 atom stereocenters. The van der Waals surface area contributed by atoms with Crippen LogP contribution in [0.5, 0.6) is 5.75 Å². The number of ether oxygens (including phenoxy) is 1. The van der Waals surface area contributed by atoms with Gasteiger partial charge in [0.15, 0.2) is 6.61 Å². The van der Waals surface area contributed by atoms with Gasteiger partial charge in [-0.05, 0) is 50.3 Å². The smallest absolute Gasteiger partial charge is 0.261 e. The van der Waals surface area contributed by atoms with E-state index in [0.29, 0.717) is 12.1 Å². The first-order valence-electron chi connectivity index (χ1n) is 7.74. The fourth-order valence-electron chi connectivity index (χ4n) is 3.17. The standard InChI is InChI=1S/C17H23NO2/c1-13-5-4-8-16(11-13)20-12-17(19)18(15-9-10-15)14-6-2-3-7-14/h4-5,8,11,14-15H,2-3,6-7,9-10,12H2,1H3. The molecule has 0 aliphatic heterocycles. The summed E-state index contributed by atoms with van der Waals surface area (Å²) in [5, 5.41) is 0. The lowest BCUT2D eigenvalue weighted by molar-refractivity contribution is -0.136. The molecule has 20 heavy (non-hydrogen) atoms. The Morgan fingerprint density at radius 2 is 1.90 bits per heavy atom. The number of hydrogen-bond acceptors (Lipinski definition) is 2. The second-order valence-electron chi connectivity index (χ2n) is 6.08. The quantitative estimate of drug-likeness (QED) is 0.823. The minimum atomic E-state index is 0.168. The maximum atomic E-state index is 12.5. The first-order chi connectivity index (χ1) is 9.74. The molecule has 0 spiro atoms. The number of benzene rings is 1. The van der Waals surface area contributed by atoms with Gasteiger partial charge >= 0.3 is 0 Å². The van der Waals surface area contributed by atoms with Gasteiger partial charge in [-0.25, -0.2) is 0 Å². The Hall–Kier alpha value is -1.51. The molecule has 0 N–H and O–H groups in total. The third-order valence-corrected chi connectivity index (χ3v) is 4.30. The van der Waals surface area contributed by atoms with Gasteiger partial charge in [-0.1, -0.05) is 25.0 Å². The summed E-state index contributed by atoms with van der Waals surface area (Å²) in [6.45, 7) is 2.21. The summed E-state index contributed by atoms with van der Waals surface area (Å²) >= 11 is 0. The predicted molar refractivity (Wildman–Crippen MR) is 78.8 cm³/mol. The van der Waals surface area contributed by atoms with Crippen molar-refractivity contribution in [2.24, 2.45) is 0 Å². The zero-order valence-corrected chi connectivity index (χ0v) is 12.2. The van der Waals surface area contributed by atoms with E-state index in [-0.39, 0.29) is 12.5 Å². The molecule has 2 aliphatic carbocycles. The molecule has 0 heterocycles. The molecule has 2 saturated carbocycles. The Labute approximate surface area is 120 Å². The van der Waals surface area contributed by atoms with Gasteiger partial charge in [-0.2, -0.15) is 0 Å². The lowest BCUT2D eigenvalue weighted by atomic mass is 10.2. The maximum absolute atomic E-state index is 12.5. The van der Waals surface area contributed by atoms with Crippen molar-refractivity contribution in [3.8, 4) is 5.75 Å².